The number of rotatable bonds is 5. The standard InChI is InChI=1S/C20H34F2N4/c1-13(2)18(23)12-19(25-17-7-9-20(21,22)10-8-17)16-6-4-5-15(11-16)14(3)26-24/h12-13,15-17H,4-11,23-24H2,1-3H3/b18-12?,25-19?,26-14-. The van der Waals surface area contributed by atoms with Crippen LogP contribution in [0.15, 0.2) is 21.9 Å². The zero-order chi connectivity index (χ0) is 19.3. The van der Waals surface area contributed by atoms with Gasteiger partial charge in [0.15, 0.2) is 0 Å². The van der Waals surface area contributed by atoms with E-state index in [4.69, 9.17) is 16.6 Å². The highest BCUT2D eigenvalue weighted by atomic mass is 19.3. The Morgan fingerprint density at radius 2 is 1.73 bits per heavy atom. The molecule has 2 aliphatic carbocycles. The van der Waals surface area contributed by atoms with Crippen LogP contribution in [0, 0.1) is 17.8 Å². The summed E-state index contributed by atoms with van der Waals surface area (Å²) in [7, 11) is 0. The van der Waals surface area contributed by atoms with Gasteiger partial charge in [-0.1, -0.05) is 20.3 Å². The van der Waals surface area contributed by atoms with E-state index in [1.807, 2.05) is 13.0 Å². The van der Waals surface area contributed by atoms with Gasteiger partial charge in [-0.2, -0.15) is 5.10 Å². The van der Waals surface area contributed by atoms with Gasteiger partial charge in [-0.15, -0.1) is 0 Å². The maximum atomic E-state index is 13.5. The largest absolute Gasteiger partial charge is 0.402 e. The molecule has 0 heterocycles. The first-order valence-electron chi connectivity index (χ1n) is 9.88. The van der Waals surface area contributed by atoms with Gasteiger partial charge in [0.2, 0.25) is 5.92 Å². The lowest BCUT2D eigenvalue weighted by molar-refractivity contribution is -0.0373. The Bertz CT molecular complexity index is 556. The predicted octanol–water partition coefficient (Wildman–Crippen LogP) is 4.64. The van der Waals surface area contributed by atoms with Crippen molar-refractivity contribution < 1.29 is 8.78 Å². The Balaban J connectivity index is 2.21. The third kappa shape index (κ3) is 5.78. The van der Waals surface area contributed by atoms with E-state index >= 15 is 0 Å². The van der Waals surface area contributed by atoms with E-state index in [1.165, 1.54) is 0 Å². The van der Waals surface area contributed by atoms with Gasteiger partial charge in [0.05, 0.1) is 6.04 Å². The fourth-order valence-electron chi connectivity index (χ4n) is 3.91. The maximum Gasteiger partial charge on any atom is 0.248 e. The van der Waals surface area contributed by atoms with Crippen LogP contribution in [0.1, 0.15) is 72.1 Å². The fraction of sp³-hybridized carbons (Fsp3) is 0.800. The first-order chi connectivity index (χ1) is 12.2. The monoisotopic (exact) mass is 368 g/mol. The molecule has 0 saturated heterocycles. The van der Waals surface area contributed by atoms with Crippen molar-refractivity contribution in [1.82, 2.24) is 0 Å². The molecule has 2 aliphatic rings. The molecule has 0 aromatic rings. The van der Waals surface area contributed by atoms with Crippen LogP contribution in [0.5, 0.6) is 0 Å². The average Bonchev–Trinajstić information content (AvgIpc) is 2.62. The summed E-state index contributed by atoms with van der Waals surface area (Å²) < 4.78 is 26.9. The van der Waals surface area contributed by atoms with Gasteiger partial charge in [0.1, 0.15) is 0 Å². The van der Waals surface area contributed by atoms with E-state index in [9.17, 15) is 8.78 Å². The lowest BCUT2D eigenvalue weighted by atomic mass is 9.76. The highest BCUT2D eigenvalue weighted by Crippen LogP contribution is 2.36. The quantitative estimate of drug-likeness (QED) is 0.421. The normalized spacial score (nSPS) is 29.2. The number of halogens is 2. The number of alkyl halides is 2. The van der Waals surface area contributed by atoms with E-state index < -0.39 is 5.92 Å². The van der Waals surface area contributed by atoms with E-state index in [0.717, 1.165) is 42.8 Å². The Labute approximate surface area is 156 Å². The first kappa shape index (κ1) is 20.8. The Kier molecular flexibility index (Phi) is 7.18. The van der Waals surface area contributed by atoms with Crippen molar-refractivity contribution in [1.29, 1.82) is 0 Å². The van der Waals surface area contributed by atoms with Crippen LogP contribution in [0.25, 0.3) is 0 Å². The molecule has 4 nitrogen and oxygen atoms in total. The minimum Gasteiger partial charge on any atom is -0.402 e. The maximum absolute atomic E-state index is 13.5. The lowest BCUT2D eigenvalue weighted by Gasteiger charge is -2.31. The molecular formula is C20H34F2N4. The predicted molar refractivity (Wildman–Crippen MR) is 104 cm³/mol. The van der Waals surface area contributed by atoms with Crippen LogP contribution in [0.4, 0.5) is 8.78 Å². The summed E-state index contributed by atoms with van der Waals surface area (Å²) in [5.74, 6) is 3.85. The highest BCUT2D eigenvalue weighted by Gasteiger charge is 2.35. The summed E-state index contributed by atoms with van der Waals surface area (Å²) in [6, 6.07) is -0.0227. The molecule has 2 saturated carbocycles. The van der Waals surface area contributed by atoms with E-state index in [-0.39, 0.29) is 24.8 Å². The summed E-state index contributed by atoms with van der Waals surface area (Å²) in [5.41, 5.74) is 8.98. The molecule has 2 unspecified atom stereocenters. The molecule has 6 heteroatoms. The second kappa shape index (κ2) is 8.96. The number of allylic oxidation sites excluding steroid dienone is 2. The molecule has 2 fully saturated rings. The van der Waals surface area contributed by atoms with Crippen molar-refractivity contribution in [2.75, 3.05) is 0 Å². The van der Waals surface area contributed by atoms with Crippen molar-refractivity contribution in [3.8, 4) is 0 Å². The summed E-state index contributed by atoms with van der Waals surface area (Å²) >= 11 is 0. The molecule has 148 valence electrons. The van der Waals surface area contributed by atoms with Gasteiger partial charge in [0.25, 0.3) is 0 Å². The van der Waals surface area contributed by atoms with Crippen LogP contribution < -0.4 is 11.6 Å². The van der Waals surface area contributed by atoms with Crippen molar-refractivity contribution in [2.45, 2.75) is 84.1 Å². The minimum atomic E-state index is -2.52. The van der Waals surface area contributed by atoms with Crippen molar-refractivity contribution in [3.05, 3.63) is 11.8 Å². The van der Waals surface area contributed by atoms with Gasteiger partial charge in [-0.3, -0.25) is 4.99 Å². The number of hydrazone groups is 1. The van der Waals surface area contributed by atoms with Gasteiger partial charge in [0, 0.05) is 35.9 Å². The van der Waals surface area contributed by atoms with Crippen molar-refractivity contribution in [2.24, 2.45) is 39.4 Å². The van der Waals surface area contributed by atoms with Crippen LogP contribution in [-0.4, -0.2) is 23.4 Å². The molecule has 2 rings (SSSR count). The zero-order valence-electron chi connectivity index (χ0n) is 16.3. The Hall–Kier alpha value is -1.46. The summed E-state index contributed by atoms with van der Waals surface area (Å²) in [4.78, 5) is 4.92. The molecule has 0 bridgehead atoms. The number of aliphatic imine (C=N–C) groups is 1. The van der Waals surface area contributed by atoms with Gasteiger partial charge in [-0.25, -0.2) is 8.78 Å². The molecular weight excluding hydrogens is 334 g/mol. The zero-order valence-corrected chi connectivity index (χ0v) is 16.3. The SMILES string of the molecule is C/C(=N/N)C1CCCC(C(C=C(N)C(C)C)=NC2CCC(F)(F)CC2)C1. The van der Waals surface area contributed by atoms with Crippen molar-refractivity contribution >= 4 is 11.4 Å². The molecule has 0 aromatic carbocycles. The number of nitrogens with two attached hydrogens (primary N) is 2. The number of nitrogens with zero attached hydrogens (tertiary/aromatic N) is 2. The van der Waals surface area contributed by atoms with E-state index in [0.29, 0.717) is 24.7 Å². The first-order valence-corrected chi connectivity index (χ1v) is 9.88. The fourth-order valence-corrected chi connectivity index (χ4v) is 3.91. The van der Waals surface area contributed by atoms with Gasteiger partial charge >= 0.3 is 0 Å². The molecule has 0 spiro atoms. The summed E-state index contributed by atoms with van der Waals surface area (Å²) in [6.07, 6.45) is 6.97. The summed E-state index contributed by atoms with van der Waals surface area (Å²) in [6.45, 7) is 6.09. The highest BCUT2D eigenvalue weighted by molar-refractivity contribution is 5.98. The third-order valence-electron chi connectivity index (χ3n) is 5.89. The van der Waals surface area contributed by atoms with Gasteiger partial charge < -0.3 is 11.6 Å². The molecule has 2 atom stereocenters. The van der Waals surface area contributed by atoms with Crippen LogP contribution in [0.2, 0.25) is 0 Å². The van der Waals surface area contributed by atoms with Crippen LogP contribution >= 0.6 is 0 Å². The van der Waals surface area contributed by atoms with Crippen LogP contribution in [-0.2, 0) is 0 Å². The van der Waals surface area contributed by atoms with Crippen LogP contribution in [0.3, 0.4) is 0 Å². The molecule has 26 heavy (non-hydrogen) atoms. The number of hydrogen-bond donors (Lipinski definition) is 2. The smallest absolute Gasteiger partial charge is 0.248 e. The molecule has 4 N–H and O–H groups in total. The molecule has 0 aromatic heterocycles. The average molecular weight is 369 g/mol. The summed E-state index contributed by atoms with van der Waals surface area (Å²) in [5, 5.41) is 3.88. The van der Waals surface area contributed by atoms with Gasteiger partial charge in [-0.05, 0) is 56.9 Å². The molecule has 0 radical (unpaired) electrons. The lowest BCUT2D eigenvalue weighted by Crippen LogP contribution is -2.30. The molecule has 0 aliphatic heterocycles. The Morgan fingerprint density at radius 1 is 1.12 bits per heavy atom. The minimum absolute atomic E-state index is 0.0227. The second-order valence-corrected chi connectivity index (χ2v) is 8.27. The third-order valence-corrected chi connectivity index (χ3v) is 5.89. The van der Waals surface area contributed by atoms with E-state index in [1.54, 1.807) is 0 Å². The van der Waals surface area contributed by atoms with Crippen molar-refractivity contribution in [3.63, 3.8) is 0 Å². The molecule has 0 amide bonds. The second-order valence-electron chi connectivity index (χ2n) is 8.27. The number of hydrogen-bond acceptors (Lipinski definition) is 4. The van der Waals surface area contributed by atoms with E-state index in [2.05, 4.69) is 18.9 Å². The topological polar surface area (TPSA) is 76.8 Å². The Morgan fingerprint density at radius 3 is 2.31 bits per heavy atom.